The molecule has 1 aliphatic heterocycles. The Morgan fingerprint density at radius 2 is 1.75 bits per heavy atom. The summed E-state index contributed by atoms with van der Waals surface area (Å²) in [5.41, 5.74) is 6.09. The van der Waals surface area contributed by atoms with Crippen LogP contribution < -0.4 is 5.73 Å². The van der Waals surface area contributed by atoms with Gasteiger partial charge in [-0.1, -0.05) is 13.3 Å². The lowest BCUT2D eigenvalue weighted by Gasteiger charge is -2.35. The molecule has 94 valence electrons. The third-order valence-electron chi connectivity index (χ3n) is 3.83. The quantitative estimate of drug-likeness (QED) is 0.736. The van der Waals surface area contributed by atoms with Crippen molar-refractivity contribution in [2.75, 3.05) is 39.3 Å². The molecule has 0 spiro atoms. The van der Waals surface area contributed by atoms with E-state index in [1.165, 1.54) is 58.4 Å². The third kappa shape index (κ3) is 4.04. The second kappa shape index (κ2) is 5.99. The van der Waals surface area contributed by atoms with Crippen LogP contribution in [0.25, 0.3) is 0 Å². The second-order valence-electron chi connectivity index (χ2n) is 5.59. The minimum absolute atomic E-state index is 0.389. The van der Waals surface area contributed by atoms with E-state index in [9.17, 15) is 0 Å². The van der Waals surface area contributed by atoms with E-state index in [0.29, 0.717) is 6.04 Å². The lowest BCUT2D eigenvalue weighted by Crippen LogP contribution is -2.50. The van der Waals surface area contributed by atoms with Gasteiger partial charge in [-0.05, 0) is 25.2 Å². The maximum absolute atomic E-state index is 6.09. The SMILES string of the molecule is CCCC(N)CN1CCN(CC2CC2)CC1. The van der Waals surface area contributed by atoms with E-state index in [1.54, 1.807) is 0 Å². The van der Waals surface area contributed by atoms with Crippen molar-refractivity contribution in [3.8, 4) is 0 Å². The molecule has 1 unspecified atom stereocenters. The van der Waals surface area contributed by atoms with Crippen molar-refractivity contribution in [2.45, 2.75) is 38.6 Å². The molecule has 0 amide bonds. The van der Waals surface area contributed by atoms with Gasteiger partial charge in [-0.25, -0.2) is 0 Å². The minimum Gasteiger partial charge on any atom is -0.327 e. The van der Waals surface area contributed by atoms with Crippen molar-refractivity contribution < 1.29 is 0 Å². The molecule has 2 N–H and O–H groups in total. The monoisotopic (exact) mass is 225 g/mol. The summed E-state index contributed by atoms with van der Waals surface area (Å²) in [6, 6.07) is 0.389. The highest BCUT2D eigenvalue weighted by atomic mass is 15.3. The first-order chi connectivity index (χ1) is 7.78. The molecule has 2 fully saturated rings. The molecule has 0 aromatic carbocycles. The van der Waals surface area contributed by atoms with Gasteiger partial charge < -0.3 is 10.6 Å². The molecule has 1 heterocycles. The molecule has 16 heavy (non-hydrogen) atoms. The molecule has 0 bridgehead atoms. The Kier molecular flexibility index (Phi) is 4.62. The van der Waals surface area contributed by atoms with Gasteiger partial charge in [0.25, 0.3) is 0 Å². The van der Waals surface area contributed by atoms with Gasteiger partial charge in [0.1, 0.15) is 0 Å². The Morgan fingerprint density at radius 1 is 1.12 bits per heavy atom. The van der Waals surface area contributed by atoms with Gasteiger partial charge in [0.15, 0.2) is 0 Å². The van der Waals surface area contributed by atoms with E-state index in [2.05, 4.69) is 16.7 Å². The van der Waals surface area contributed by atoms with Crippen molar-refractivity contribution in [3.63, 3.8) is 0 Å². The summed E-state index contributed by atoms with van der Waals surface area (Å²) in [6.45, 7) is 9.65. The fourth-order valence-electron chi connectivity index (χ4n) is 2.61. The van der Waals surface area contributed by atoms with E-state index in [1.807, 2.05) is 0 Å². The zero-order valence-corrected chi connectivity index (χ0v) is 10.7. The van der Waals surface area contributed by atoms with Crippen LogP contribution >= 0.6 is 0 Å². The number of rotatable bonds is 6. The van der Waals surface area contributed by atoms with Crippen molar-refractivity contribution in [2.24, 2.45) is 11.7 Å². The summed E-state index contributed by atoms with van der Waals surface area (Å²) < 4.78 is 0. The van der Waals surface area contributed by atoms with E-state index in [4.69, 9.17) is 5.73 Å². The normalized spacial score (nSPS) is 25.9. The van der Waals surface area contributed by atoms with Crippen LogP contribution in [0.3, 0.4) is 0 Å². The molecule has 1 saturated carbocycles. The Hall–Kier alpha value is -0.120. The lowest BCUT2D eigenvalue weighted by atomic mass is 10.1. The van der Waals surface area contributed by atoms with Crippen LogP contribution in [-0.2, 0) is 0 Å². The molecule has 3 heteroatoms. The molecule has 1 atom stereocenters. The fraction of sp³-hybridized carbons (Fsp3) is 1.00. The highest BCUT2D eigenvalue weighted by molar-refractivity contribution is 4.81. The first-order valence-corrected chi connectivity index (χ1v) is 6.98. The van der Waals surface area contributed by atoms with Gasteiger partial charge in [-0.15, -0.1) is 0 Å². The van der Waals surface area contributed by atoms with Gasteiger partial charge in [-0.2, -0.15) is 0 Å². The third-order valence-corrected chi connectivity index (χ3v) is 3.83. The molecule has 0 aromatic heterocycles. The molecule has 0 aromatic rings. The molecule has 0 radical (unpaired) electrons. The van der Waals surface area contributed by atoms with E-state index < -0.39 is 0 Å². The zero-order chi connectivity index (χ0) is 11.4. The molecular weight excluding hydrogens is 198 g/mol. The summed E-state index contributed by atoms with van der Waals surface area (Å²) in [5.74, 6) is 1.04. The number of hydrogen-bond donors (Lipinski definition) is 1. The van der Waals surface area contributed by atoms with E-state index in [0.717, 1.165) is 12.5 Å². The molecule has 1 saturated heterocycles. The van der Waals surface area contributed by atoms with Crippen LogP contribution in [0, 0.1) is 5.92 Å². The fourth-order valence-corrected chi connectivity index (χ4v) is 2.61. The average Bonchev–Trinajstić information content (AvgIpc) is 3.05. The molecule has 2 aliphatic rings. The van der Waals surface area contributed by atoms with Crippen molar-refractivity contribution in [1.82, 2.24) is 9.80 Å². The van der Waals surface area contributed by atoms with Gasteiger partial charge in [-0.3, -0.25) is 4.90 Å². The van der Waals surface area contributed by atoms with Gasteiger partial charge >= 0.3 is 0 Å². The highest BCUT2D eigenvalue weighted by Crippen LogP contribution is 2.29. The Morgan fingerprint density at radius 3 is 2.31 bits per heavy atom. The van der Waals surface area contributed by atoms with Crippen LogP contribution in [0.5, 0.6) is 0 Å². The average molecular weight is 225 g/mol. The maximum Gasteiger partial charge on any atom is 0.0167 e. The predicted molar refractivity (Wildman–Crippen MR) is 68.5 cm³/mol. The number of nitrogens with zero attached hydrogens (tertiary/aromatic N) is 2. The second-order valence-corrected chi connectivity index (χ2v) is 5.59. The summed E-state index contributed by atoms with van der Waals surface area (Å²) in [7, 11) is 0. The molecular formula is C13H27N3. The molecule has 1 aliphatic carbocycles. The van der Waals surface area contributed by atoms with Crippen molar-refractivity contribution >= 4 is 0 Å². The predicted octanol–water partition coefficient (Wildman–Crippen LogP) is 1.14. The maximum atomic E-state index is 6.09. The van der Waals surface area contributed by atoms with Gasteiger partial charge in [0, 0.05) is 45.3 Å². The first kappa shape index (κ1) is 12.3. The smallest absolute Gasteiger partial charge is 0.0167 e. The number of nitrogens with two attached hydrogens (primary N) is 1. The van der Waals surface area contributed by atoms with Crippen LogP contribution in [0.1, 0.15) is 32.6 Å². The Labute approximate surface area is 100.0 Å². The summed E-state index contributed by atoms with van der Waals surface area (Å²) in [6.07, 6.45) is 5.33. The standard InChI is InChI=1S/C13H27N3/c1-2-3-13(14)11-16-8-6-15(7-9-16)10-12-4-5-12/h12-13H,2-11,14H2,1H3. The topological polar surface area (TPSA) is 32.5 Å². The van der Waals surface area contributed by atoms with Crippen LogP contribution in [-0.4, -0.2) is 55.1 Å². The van der Waals surface area contributed by atoms with E-state index in [-0.39, 0.29) is 0 Å². The first-order valence-electron chi connectivity index (χ1n) is 6.98. The Bertz CT molecular complexity index is 195. The van der Waals surface area contributed by atoms with Crippen molar-refractivity contribution in [3.05, 3.63) is 0 Å². The van der Waals surface area contributed by atoms with Crippen LogP contribution in [0.2, 0.25) is 0 Å². The minimum atomic E-state index is 0.389. The van der Waals surface area contributed by atoms with Crippen molar-refractivity contribution in [1.29, 1.82) is 0 Å². The molecule has 2 rings (SSSR count). The van der Waals surface area contributed by atoms with Gasteiger partial charge in [0.2, 0.25) is 0 Å². The van der Waals surface area contributed by atoms with Crippen LogP contribution in [0.4, 0.5) is 0 Å². The lowest BCUT2D eigenvalue weighted by molar-refractivity contribution is 0.122. The number of hydrogen-bond acceptors (Lipinski definition) is 3. The van der Waals surface area contributed by atoms with Crippen LogP contribution in [0.15, 0.2) is 0 Å². The van der Waals surface area contributed by atoms with Gasteiger partial charge in [0.05, 0.1) is 0 Å². The van der Waals surface area contributed by atoms with E-state index >= 15 is 0 Å². The summed E-state index contributed by atoms with van der Waals surface area (Å²) in [4.78, 5) is 5.18. The molecule has 3 nitrogen and oxygen atoms in total. The zero-order valence-electron chi connectivity index (χ0n) is 10.7. The largest absolute Gasteiger partial charge is 0.327 e. The summed E-state index contributed by atoms with van der Waals surface area (Å²) >= 11 is 0. The number of piperazine rings is 1. The summed E-state index contributed by atoms with van der Waals surface area (Å²) in [5, 5.41) is 0. The highest BCUT2D eigenvalue weighted by Gasteiger charge is 2.26. The Balaban J connectivity index is 1.60.